The minimum atomic E-state index is -0.244. The van der Waals surface area contributed by atoms with Crippen LogP contribution in [0.3, 0.4) is 0 Å². The molecule has 0 aliphatic heterocycles. The summed E-state index contributed by atoms with van der Waals surface area (Å²) in [6, 6.07) is 25.4. The summed E-state index contributed by atoms with van der Waals surface area (Å²) in [5.74, 6) is -0.244. The first-order chi connectivity index (χ1) is 14.7. The van der Waals surface area contributed by atoms with Crippen molar-refractivity contribution in [2.75, 3.05) is 0 Å². The predicted molar refractivity (Wildman–Crippen MR) is 121 cm³/mol. The number of para-hydroxylation sites is 1. The first-order valence-corrected chi connectivity index (χ1v) is 10.5. The highest BCUT2D eigenvalue weighted by Gasteiger charge is 2.24. The van der Waals surface area contributed by atoms with Gasteiger partial charge in [0.1, 0.15) is 11.5 Å². The fourth-order valence-electron chi connectivity index (χ4n) is 4.20. The van der Waals surface area contributed by atoms with Crippen molar-refractivity contribution in [3.05, 3.63) is 102 Å². The van der Waals surface area contributed by atoms with Gasteiger partial charge >= 0.3 is 0 Å². The summed E-state index contributed by atoms with van der Waals surface area (Å²) in [5, 5.41) is 2.38. The summed E-state index contributed by atoms with van der Waals surface area (Å²) >= 11 is 3.53. The van der Waals surface area contributed by atoms with Crippen LogP contribution in [0.5, 0.6) is 0 Å². The van der Waals surface area contributed by atoms with Gasteiger partial charge in [0.25, 0.3) is 6.33 Å². The van der Waals surface area contributed by atoms with Crippen LogP contribution in [0.15, 0.2) is 95.9 Å². The largest absolute Gasteiger partial charge is 0.351 e. The van der Waals surface area contributed by atoms with Crippen LogP contribution in [0.1, 0.15) is 0 Å². The molecule has 0 aliphatic rings. The molecule has 0 atom stereocenters. The average molecular weight is 457 g/mol. The van der Waals surface area contributed by atoms with Crippen LogP contribution >= 0.6 is 15.9 Å². The second kappa shape index (κ2) is 6.54. The van der Waals surface area contributed by atoms with E-state index in [1.54, 1.807) is 12.1 Å². The SMILES string of the molecule is Fc1ccc(-n2c[n+]3ccc4c5ccccc5[nH]c4c3c2-c2ccc(Br)cc2)cc1. The molecule has 0 amide bonds. The Balaban J connectivity index is 1.77. The Bertz CT molecular complexity index is 1540. The molecule has 3 nitrogen and oxygen atoms in total. The molecule has 3 aromatic heterocycles. The maximum atomic E-state index is 13.6. The van der Waals surface area contributed by atoms with E-state index in [0.717, 1.165) is 38.0 Å². The molecule has 3 heterocycles. The molecule has 0 fully saturated rings. The molecular formula is C25H16BrFN3+. The number of nitrogens with zero attached hydrogens (tertiary/aromatic N) is 2. The summed E-state index contributed by atoms with van der Waals surface area (Å²) < 4.78 is 18.8. The molecule has 144 valence electrons. The van der Waals surface area contributed by atoms with Crippen LogP contribution in [-0.2, 0) is 0 Å². The Hall–Kier alpha value is -3.44. The van der Waals surface area contributed by atoms with Gasteiger partial charge in [-0.1, -0.05) is 34.1 Å². The smallest absolute Gasteiger partial charge is 0.254 e. The maximum absolute atomic E-state index is 13.6. The van der Waals surface area contributed by atoms with E-state index < -0.39 is 0 Å². The van der Waals surface area contributed by atoms with Crippen LogP contribution in [0.2, 0.25) is 0 Å². The number of halogens is 2. The summed E-state index contributed by atoms with van der Waals surface area (Å²) in [7, 11) is 0. The highest BCUT2D eigenvalue weighted by Crippen LogP contribution is 2.34. The van der Waals surface area contributed by atoms with Gasteiger partial charge in [0.05, 0.1) is 11.7 Å². The molecule has 1 N–H and O–H groups in total. The maximum Gasteiger partial charge on any atom is 0.254 e. The van der Waals surface area contributed by atoms with E-state index in [-0.39, 0.29) is 5.82 Å². The minimum Gasteiger partial charge on any atom is -0.351 e. The molecule has 6 aromatic rings. The zero-order valence-electron chi connectivity index (χ0n) is 15.8. The molecule has 6 rings (SSSR count). The zero-order chi connectivity index (χ0) is 20.2. The second-order valence-corrected chi connectivity index (χ2v) is 8.26. The number of fused-ring (bicyclic) bond motifs is 5. The van der Waals surface area contributed by atoms with E-state index in [2.05, 4.69) is 72.5 Å². The van der Waals surface area contributed by atoms with Crippen molar-refractivity contribution in [1.29, 1.82) is 0 Å². The van der Waals surface area contributed by atoms with E-state index in [9.17, 15) is 4.39 Å². The van der Waals surface area contributed by atoms with Gasteiger partial charge in [-0.2, -0.15) is 8.97 Å². The zero-order valence-corrected chi connectivity index (χ0v) is 17.4. The lowest BCUT2D eigenvalue weighted by atomic mass is 10.1. The molecule has 0 saturated carbocycles. The Morgan fingerprint density at radius 1 is 0.833 bits per heavy atom. The summed E-state index contributed by atoms with van der Waals surface area (Å²) in [5.41, 5.74) is 6.30. The van der Waals surface area contributed by atoms with E-state index >= 15 is 0 Å². The summed E-state index contributed by atoms with van der Waals surface area (Å²) in [6.45, 7) is 0. The Labute approximate surface area is 180 Å². The monoisotopic (exact) mass is 456 g/mol. The topological polar surface area (TPSA) is 24.8 Å². The number of aromatic nitrogens is 3. The third-order valence-corrected chi connectivity index (χ3v) is 6.10. The Morgan fingerprint density at radius 3 is 2.40 bits per heavy atom. The van der Waals surface area contributed by atoms with Crippen molar-refractivity contribution < 1.29 is 8.79 Å². The number of rotatable bonds is 2. The third-order valence-electron chi connectivity index (χ3n) is 5.57. The third kappa shape index (κ3) is 2.59. The van der Waals surface area contributed by atoms with Crippen molar-refractivity contribution >= 4 is 43.3 Å². The van der Waals surface area contributed by atoms with Gasteiger partial charge in [0.15, 0.2) is 5.69 Å². The van der Waals surface area contributed by atoms with Gasteiger partial charge in [0.2, 0.25) is 5.52 Å². The van der Waals surface area contributed by atoms with Crippen LogP contribution in [0, 0.1) is 5.82 Å². The van der Waals surface area contributed by atoms with Crippen LogP contribution in [0.4, 0.5) is 4.39 Å². The molecule has 0 saturated heterocycles. The molecule has 30 heavy (non-hydrogen) atoms. The quantitative estimate of drug-likeness (QED) is 0.291. The van der Waals surface area contributed by atoms with Crippen LogP contribution in [-0.4, -0.2) is 9.55 Å². The van der Waals surface area contributed by atoms with Crippen molar-refractivity contribution in [3.63, 3.8) is 0 Å². The predicted octanol–water partition coefficient (Wildman–Crippen LogP) is 6.42. The van der Waals surface area contributed by atoms with Gasteiger partial charge in [-0.15, -0.1) is 0 Å². The van der Waals surface area contributed by atoms with Gasteiger partial charge < -0.3 is 4.98 Å². The molecular weight excluding hydrogens is 441 g/mol. The molecule has 0 unspecified atom stereocenters. The van der Waals surface area contributed by atoms with E-state index in [1.165, 1.54) is 22.9 Å². The van der Waals surface area contributed by atoms with Crippen LogP contribution < -0.4 is 4.40 Å². The fourth-order valence-corrected chi connectivity index (χ4v) is 4.46. The average Bonchev–Trinajstić information content (AvgIpc) is 3.33. The number of imidazole rings is 1. The number of pyridine rings is 1. The van der Waals surface area contributed by atoms with Crippen molar-refractivity contribution in [1.82, 2.24) is 9.55 Å². The number of hydrogen-bond donors (Lipinski definition) is 1. The molecule has 5 heteroatoms. The number of nitrogens with one attached hydrogen (secondary N) is 1. The lowest BCUT2D eigenvalue weighted by molar-refractivity contribution is -0.510. The first kappa shape index (κ1) is 17.4. The van der Waals surface area contributed by atoms with Crippen LogP contribution in [0.25, 0.3) is 44.3 Å². The van der Waals surface area contributed by atoms with E-state index in [4.69, 9.17) is 0 Å². The van der Waals surface area contributed by atoms with E-state index in [1.807, 2.05) is 24.5 Å². The fraction of sp³-hybridized carbons (Fsp3) is 0. The first-order valence-electron chi connectivity index (χ1n) is 9.67. The van der Waals surface area contributed by atoms with Gasteiger partial charge in [-0.05, 0) is 60.7 Å². The summed E-state index contributed by atoms with van der Waals surface area (Å²) in [6.07, 6.45) is 4.13. The number of benzene rings is 3. The molecule has 0 bridgehead atoms. The lowest BCUT2D eigenvalue weighted by Gasteiger charge is -2.03. The van der Waals surface area contributed by atoms with Gasteiger partial charge in [-0.25, -0.2) is 4.39 Å². The number of H-pyrrole nitrogens is 1. The number of aromatic amines is 1. The number of hydrogen-bond acceptors (Lipinski definition) is 0. The van der Waals surface area contributed by atoms with Crippen molar-refractivity contribution in [3.8, 4) is 16.9 Å². The molecule has 0 spiro atoms. The highest BCUT2D eigenvalue weighted by molar-refractivity contribution is 9.10. The normalized spacial score (nSPS) is 11.7. The van der Waals surface area contributed by atoms with Crippen molar-refractivity contribution in [2.24, 2.45) is 0 Å². The lowest BCUT2D eigenvalue weighted by Crippen LogP contribution is -2.17. The molecule has 3 aromatic carbocycles. The van der Waals surface area contributed by atoms with E-state index in [0.29, 0.717) is 0 Å². The highest BCUT2D eigenvalue weighted by atomic mass is 79.9. The van der Waals surface area contributed by atoms with Gasteiger partial charge in [0, 0.05) is 26.3 Å². The molecule has 0 aliphatic carbocycles. The second-order valence-electron chi connectivity index (χ2n) is 7.35. The Morgan fingerprint density at radius 2 is 1.60 bits per heavy atom. The van der Waals surface area contributed by atoms with Gasteiger partial charge in [-0.3, -0.25) is 0 Å². The molecule has 0 radical (unpaired) electrons. The Kier molecular flexibility index (Phi) is 3.80. The summed E-state index contributed by atoms with van der Waals surface area (Å²) in [4.78, 5) is 3.61. The minimum absolute atomic E-state index is 0.244. The standard InChI is InChI=1S/C25H16BrFN3/c26-17-7-5-16(6-8-17)24-25-23-21(20-3-1-2-4-22(20)28-23)13-14-29(25)15-30(24)19-11-9-18(27)10-12-19/h1-15,28H/q+1. The van der Waals surface area contributed by atoms with Crippen molar-refractivity contribution in [2.45, 2.75) is 0 Å².